The molecule has 1 rings (SSSR count). The molecule has 0 amide bonds. The van der Waals surface area contributed by atoms with Gasteiger partial charge >= 0.3 is 0 Å². The Morgan fingerprint density at radius 1 is 1.43 bits per heavy atom. The maximum absolute atomic E-state index is 5.96. The molecule has 1 atom stereocenters. The third-order valence-corrected chi connectivity index (χ3v) is 2.85. The quantitative estimate of drug-likeness (QED) is 0.900. The molecular formula is C11H17BrN2. The molecule has 0 saturated heterocycles. The van der Waals surface area contributed by atoms with Crippen LogP contribution in [0.3, 0.4) is 0 Å². The van der Waals surface area contributed by atoms with Crippen LogP contribution in [0, 0.1) is 5.92 Å². The van der Waals surface area contributed by atoms with E-state index in [9.17, 15) is 0 Å². The number of halogens is 1. The minimum absolute atomic E-state index is 0.278. The third-order valence-electron chi connectivity index (χ3n) is 2.38. The van der Waals surface area contributed by atoms with Gasteiger partial charge in [-0.1, -0.05) is 13.8 Å². The number of nitrogens with two attached hydrogens (primary N) is 1. The van der Waals surface area contributed by atoms with Crippen LogP contribution in [0.25, 0.3) is 0 Å². The Labute approximate surface area is 94.0 Å². The minimum Gasteiger partial charge on any atom is -0.327 e. The van der Waals surface area contributed by atoms with Crippen LogP contribution in [0.5, 0.6) is 0 Å². The molecule has 14 heavy (non-hydrogen) atoms. The van der Waals surface area contributed by atoms with Crippen LogP contribution in [0.4, 0.5) is 0 Å². The maximum Gasteiger partial charge on any atom is 0.0413 e. The largest absolute Gasteiger partial charge is 0.327 e. The van der Waals surface area contributed by atoms with Crippen molar-refractivity contribution in [3.63, 3.8) is 0 Å². The number of nitrogens with zero attached hydrogens (tertiary/aromatic N) is 1. The zero-order valence-corrected chi connectivity index (χ0v) is 10.3. The molecule has 1 aromatic heterocycles. The monoisotopic (exact) mass is 256 g/mol. The lowest BCUT2D eigenvalue weighted by molar-refractivity contribution is 0.462. The average Bonchev–Trinajstić information content (AvgIpc) is 2.16. The van der Waals surface area contributed by atoms with Gasteiger partial charge < -0.3 is 5.73 Å². The Hall–Kier alpha value is -0.410. The fourth-order valence-electron chi connectivity index (χ4n) is 1.20. The number of aryl methyl sites for hydroxylation is 1. The van der Waals surface area contributed by atoms with Crippen molar-refractivity contribution in [3.8, 4) is 0 Å². The number of hydrogen-bond acceptors (Lipinski definition) is 2. The first-order valence-electron chi connectivity index (χ1n) is 4.95. The first-order valence-corrected chi connectivity index (χ1v) is 5.75. The summed E-state index contributed by atoms with van der Waals surface area (Å²) >= 11 is 3.36. The first-order chi connectivity index (χ1) is 6.59. The second-order valence-corrected chi connectivity index (χ2v) is 4.83. The van der Waals surface area contributed by atoms with Crippen molar-refractivity contribution >= 4 is 15.9 Å². The lowest BCUT2D eigenvalue weighted by Gasteiger charge is -2.14. The molecule has 1 aromatic rings. The maximum atomic E-state index is 5.96. The summed E-state index contributed by atoms with van der Waals surface area (Å²) < 4.78 is 1.02. The highest BCUT2D eigenvalue weighted by Gasteiger charge is 2.07. The molecular weight excluding hydrogens is 240 g/mol. The molecule has 0 saturated carbocycles. The van der Waals surface area contributed by atoms with Gasteiger partial charge in [0.25, 0.3) is 0 Å². The molecule has 78 valence electrons. The summed E-state index contributed by atoms with van der Waals surface area (Å²) in [4.78, 5) is 4.31. The molecule has 0 aliphatic carbocycles. The standard InChI is InChI=1S/C11H17BrN2/c1-8(2)11(13)6-5-10-4-3-9(12)7-14-10/h3-4,7-8,11H,5-6,13H2,1-2H3. The second-order valence-electron chi connectivity index (χ2n) is 3.91. The molecule has 0 radical (unpaired) electrons. The van der Waals surface area contributed by atoms with E-state index in [4.69, 9.17) is 5.73 Å². The van der Waals surface area contributed by atoms with Crippen molar-refractivity contribution in [2.24, 2.45) is 11.7 Å². The average molecular weight is 257 g/mol. The smallest absolute Gasteiger partial charge is 0.0413 e. The van der Waals surface area contributed by atoms with Crippen LogP contribution in [-0.4, -0.2) is 11.0 Å². The van der Waals surface area contributed by atoms with Crippen molar-refractivity contribution in [2.75, 3.05) is 0 Å². The van der Waals surface area contributed by atoms with Gasteiger partial charge in [0.2, 0.25) is 0 Å². The molecule has 2 N–H and O–H groups in total. The predicted octanol–water partition coefficient (Wildman–Crippen LogP) is 2.76. The fourth-order valence-corrected chi connectivity index (χ4v) is 1.44. The van der Waals surface area contributed by atoms with Crippen LogP contribution in [0.1, 0.15) is 26.0 Å². The summed E-state index contributed by atoms with van der Waals surface area (Å²) in [6.07, 6.45) is 3.80. The van der Waals surface area contributed by atoms with E-state index in [-0.39, 0.29) is 6.04 Å². The van der Waals surface area contributed by atoms with E-state index < -0.39 is 0 Å². The zero-order chi connectivity index (χ0) is 10.6. The lowest BCUT2D eigenvalue weighted by atomic mass is 9.99. The van der Waals surface area contributed by atoms with E-state index in [1.165, 1.54) is 0 Å². The Morgan fingerprint density at radius 3 is 2.64 bits per heavy atom. The highest BCUT2D eigenvalue weighted by Crippen LogP contribution is 2.11. The van der Waals surface area contributed by atoms with Gasteiger partial charge in [-0.25, -0.2) is 0 Å². The van der Waals surface area contributed by atoms with Crippen molar-refractivity contribution in [2.45, 2.75) is 32.7 Å². The van der Waals surface area contributed by atoms with Gasteiger partial charge in [0, 0.05) is 22.4 Å². The molecule has 0 fully saturated rings. The number of hydrogen-bond donors (Lipinski definition) is 1. The zero-order valence-electron chi connectivity index (χ0n) is 8.70. The SMILES string of the molecule is CC(C)C(N)CCc1ccc(Br)cn1. The first kappa shape index (κ1) is 11.7. The van der Waals surface area contributed by atoms with Gasteiger partial charge in [-0.15, -0.1) is 0 Å². The molecule has 1 heterocycles. The van der Waals surface area contributed by atoms with Gasteiger partial charge in [0.1, 0.15) is 0 Å². The Kier molecular flexibility index (Phi) is 4.55. The Bertz CT molecular complexity index is 269. The summed E-state index contributed by atoms with van der Waals surface area (Å²) in [7, 11) is 0. The van der Waals surface area contributed by atoms with Crippen molar-refractivity contribution in [1.82, 2.24) is 4.98 Å². The lowest BCUT2D eigenvalue weighted by Crippen LogP contribution is -2.26. The normalized spacial score (nSPS) is 13.2. The fraction of sp³-hybridized carbons (Fsp3) is 0.545. The van der Waals surface area contributed by atoms with Crippen LogP contribution in [0.2, 0.25) is 0 Å². The predicted molar refractivity (Wildman–Crippen MR) is 63.1 cm³/mol. The van der Waals surface area contributed by atoms with Gasteiger partial charge in [0.15, 0.2) is 0 Å². The molecule has 0 aromatic carbocycles. The summed E-state index contributed by atoms with van der Waals surface area (Å²) in [6, 6.07) is 4.33. The van der Waals surface area contributed by atoms with Crippen molar-refractivity contribution < 1.29 is 0 Å². The number of aromatic nitrogens is 1. The van der Waals surface area contributed by atoms with Crippen LogP contribution in [0.15, 0.2) is 22.8 Å². The van der Waals surface area contributed by atoms with E-state index in [0.29, 0.717) is 5.92 Å². The van der Waals surface area contributed by atoms with E-state index in [1.54, 1.807) is 0 Å². The Morgan fingerprint density at radius 2 is 2.14 bits per heavy atom. The molecule has 0 bridgehead atoms. The summed E-state index contributed by atoms with van der Waals surface area (Å²) in [5.74, 6) is 0.547. The highest BCUT2D eigenvalue weighted by molar-refractivity contribution is 9.10. The van der Waals surface area contributed by atoms with E-state index in [2.05, 4.69) is 34.8 Å². The highest BCUT2D eigenvalue weighted by atomic mass is 79.9. The topological polar surface area (TPSA) is 38.9 Å². The van der Waals surface area contributed by atoms with E-state index in [0.717, 1.165) is 23.0 Å². The van der Waals surface area contributed by atoms with Crippen LogP contribution < -0.4 is 5.73 Å². The second kappa shape index (κ2) is 5.47. The number of rotatable bonds is 4. The molecule has 0 aliphatic rings. The van der Waals surface area contributed by atoms with Crippen molar-refractivity contribution in [1.29, 1.82) is 0 Å². The molecule has 0 aliphatic heterocycles. The van der Waals surface area contributed by atoms with Crippen molar-refractivity contribution in [3.05, 3.63) is 28.5 Å². The summed E-state index contributed by atoms with van der Waals surface area (Å²) in [5.41, 5.74) is 7.07. The van der Waals surface area contributed by atoms with Gasteiger partial charge in [-0.3, -0.25) is 4.98 Å². The van der Waals surface area contributed by atoms with Crippen LogP contribution in [-0.2, 0) is 6.42 Å². The van der Waals surface area contributed by atoms with Gasteiger partial charge in [-0.05, 0) is 46.8 Å². The van der Waals surface area contributed by atoms with E-state index >= 15 is 0 Å². The van der Waals surface area contributed by atoms with Gasteiger partial charge in [-0.2, -0.15) is 0 Å². The minimum atomic E-state index is 0.278. The molecule has 1 unspecified atom stereocenters. The molecule has 2 nitrogen and oxygen atoms in total. The van der Waals surface area contributed by atoms with Gasteiger partial charge in [0.05, 0.1) is 0 Å². The third kappa shape index (κ3) is 3.76. The Balaban J connectivity index is 2.42. The summed E-state index contributed by atoms with van der Waals surface area (Å²) in [6.45, 7) is 4.30. The molecule has 0 spiro atoms. The number of pyridine rings is 1. The van der Waals surface area contributed by atoms with E-state index in [1.807, 2.05) is 18.3 Å². The summed E-state index contributed by atoms with van der Waals surface area (Å²) in [5, 5.41) is 0. The molecule has 3 heteroatoms. The van der Waals surface area contributed by atoms with Crippen LogP contribution >= 0.6 is 15.9 Å².